The SMILES string of the molecule is CCc1ccc(C(=O)NC(C)=C(C)N(C)C)cc1. The number of carbonyl (C=O) groups is 1. The van der Waals surface area contributed by atoms with Crippen LogP contribution in [0.15, 0.2) is 35.7 Å². The van der Waals surface area contributed by atoms with E-state index in [0.29, 0.717) is 5.56 Å². The summed E-state index contributed by atoms with van der Waals surface area (Å²) in [5, 5.41) is 2.91. The third-order valence-electron chi connectivity index (χ3n) is 3.14. The minimum Gasteiger partial charge on any atom is -0.380 e. The molecular formula is C15H22N2O. The van der Waals surface area contributed by atoms with Crippen LogP contribution in [0.2, 0.25) is 0 Å². The van der Waals surface area contributed by atoms with Gasteiger partial charge in [-0.3, -0.25) is 4.79 Å². The van der Waals surface area contributed by atoms with Gasteiger partial charge in [-0.15, -0.1) is 0 Å². The smallest absolute Gasteiger partial charge is 0.255 e. The molecule has 0 aliphatic carbocycles. The second-order valence-corrected chi connectivity index (χ2v) is 4.61. The average Bonchev–Trinajstić information content (AvgIpc) is 2.37. The van der Waals surface area contributed by atoms with Crippen molar-refractivity contribution in [1.82, 2.24) is 10.2 Å². The summed E-state index contributed by atoms with van der Waals surface area (Å²) in [6.07, 6.45) is 0.987. The molecule has 1 amide bonds. The van der Waals surface area contributed by atoms with Crippen molar-refractivity contribution in [1.29, 1.82) is 0 Å². The number of allylic oxidation sites excluding steroid dienone is 2. The van der Waals surface area contributed by atoms with Crippen molar-refractivity contribution in [2.24, 2.45) is 0 Å². The van der Waals surface area contributed by atoms with E-state index in [1.165, 1.54) is 5.56 Å². The summed E-state index contributed by atoms with van der Waals surface area (Å²) in [6, 6.07) is 7.72. The monoisotopic (exact) mass is 246 g/mol. The first-order valence-corrected chi connectivity index (χ1v) is 6.20. The fraction of sp³-hybridized carbons (Fsp3) is 0.400. The topological polar surface area (TPSA) is 32.3 Å². The van der Waals surface area contributed by atoms with Gasteiger partial charge in [0.15, 0.2) is 0 Å². The van der Waals surface area contributed by atoms with Crippen LogP contribution in [0.25, 0.3) is 0 Å². The first-order valence-electron chi connectivity index (χ1n) is 6.20. The molecule has 3 heteroatoms. The van der Waals surface area contributed by atoms with E-state index in [4.69, 9.17) is 0 Å². The van der Waals surface area contributed by atoms with E-state index < -0.39 is 0 Å². The van der Waals surface area contributed by atoms with Gasteiger partial charge >= 0.3 is 0 Å². The summed E-state index contributed by atoms with van der Waals surface area (Å²) in [7, 11) is 3.92. The van der Waals surface area contributed by atoms with Gasteiger partial charge in [0.2, 0.25) is 0 Å². The number of benzene rings is 1. The van der Waals surface area contributed by atoms with Gasteiger partial charge in [-0.2, -0.15) is 0 Å². The summed E-state index contributed by atoms with van der Waals surface area (Å²) >= 11 is 0. The van der Waals surface area contributed by atoms with E-state index in [9.17, 15) is 4.79 Å². The van der Waals surface area contributed by atoms with Gasteiger partial charge in [0.1, 0.15) is 0 Å². The molecule has 18 heavy (non-hydrogen) atoms. The van der Waals surface area contributed by atoms with Crippen LogP contribution < -0.4 is 5.32 Å². The van der Waals surface area contributed by atoms with Crippen molar-refractivity contribution in [3.05, 3.63) is 46.8 Å². The molecule has 0 aliphatic rings. The third-order valence-corrected chi connectivity index (χ3v) is 3.14. The van der Waals surface area contributed by atoms with E-state index in [0.717, 1.165) is 17.8 Å². The second kappa shape index (κ2) is 6.24. The van der Waals surface area contributed by atoms with E-state index >= 15 is 0 Å². The number of amides is 1. The van der Waals surface area contributed by atoms with Crippen LogP contribution >= 0.6 is 0 Å². The van der Waals surface area contributed by atoms with Crippen LogP contribution in [0.3, 0.4) is 0 Å². The number of hydrogen-bond donors (Lipinski definition) is 1. The third kappa shape index (κ3) is 3.62. The Hall–Kier alpha value is -1.77. The number of carbonyl (C=O) groups excluding carboxylic acids is 1. The van der Waals surface area contributed by atoms with Crippen molar-refractivity contribution in [2.45, 2.75) is 27.2 Å². The molecule has 0 radical (unpaired) electrons. The van der Waals surface area contributed by atoms with E-state index in [2.05, 4.69) is 12.2 Å². The number of hydrogen-bond acceptors (Lipinski definition) is 2. The number of nitrogens with zero attached hydrogens (tertiary/aromatic N) is 1. The Kier molecular flexibility index (Phi) is 4.95. The van der Waals surface area contributed by atoms with Crippen LogP contribution in [0, 0.1) is 0 Å². The van der Waals surface area contributed by atoms with Crippen LogP contribution in [0.4, 0.5) is 0 Å². The van der Waals surface area contributed by atoms with Crippen LogP contribution in [0.1, 0.15) is 36.7 Å². The first-order chi connectivity index (χ1) is 8.45. The minimum absolute atomic E-state index is 0.0589. The highest BCUT2D eigenvalue weighted by Crippen LogP contribution is 2.07. The highest BCUT2D eigenvalue weighted by atomic mass is 16.1. The molecule has 0 atom stereocenters. The molecule has 0 bridgehead atoms. The molecule has 0 aliphatic heterocycles. The van der Waals surface area contributed by atoms with Crippen molar-refractivity contribution >= 4 is 5.91 Å². The maximum Gasteiger partial charge on any atom is 0.255 e. The lowest BCUT2D eigenvalue weighted by molar-refractivity contribution is 0.0965. The fourth-order valence-corrected chi connectivity index (χ4v) is 1.56. The quantitative estimate of drug-likeness (QED) is 0.886. The van der Waals surface area contributed by atoms with Crippen LogP contribution in [0.5, 0.6) is 0 Å². The van der Waals surface area contributed by atoms with Crippen molar-refractivity contribution in [3.63, 3.8) is 0 Å². The molecule has 0 aromatic heterocycles. The van der Waals surface area contributed by atoms with Gasteiger partial charge in [0.05, 0.1) is 0 Å². The number of aryl methyl sites for hydroxylation is 1. The minimum atomic E-state index is -0.0589. The van der Waals surface area contributed by atoms with Gasteiger partial charge in [-0.1, -0.05) is 19.1 Å². The molecule has 3 nitrogen and oxygen atoms in total. The molecule has 1 rings (SSSR count). The second-order valence-electron chi connectivity index (χ2n) is 4.61. The molecule has 1 N–H and O–H groups in total. The molecule has 0 heterocycles. The van der Waals surface area contributed by atoms with Gasteiger partial charge < -0.3 is 10.2 Å². The Morgan fingerprint density at radius 1 is 1.17 bits per heavy atom. The highest BCUT2D eigenvalue weighted by molar-refractivity contribution is 5.95. The molecular weight excluding hydrogens is 224 g/mol. The lowest BCUT2D eigenvalue weighted by Crippen LogP contribution is -2.25. The Balaban J connectivity index is 2.79. The van der Waals surface area contributed by atoms with E-state index in [1.807, 2.05) is 57.1 Å². The Morgan fingerprint density at radius 3 is 2.17 bits per heavy atom. The lowest BCUT2D eigenvalue weighted by atomic mass is 10.1. The largest absolute Gasteiger partial charge is 0.380 e. The Labute approximate surface area is 109 Å². The van der Waals surface area contributed by atoms with Gasteiger partial charge in [-0.25, -0.2) is 0 Å². The zero-order valence-corrected chi connectivity index (χ0v) is 11.9. The Morgan fingerprint density at radius 2 is 1.72 bits per heavy atom. The van der Waals surface area contributed by atoms with Crippen LogP contribution in [-0.2, 0) is 6.42 Å². The summed E-state index contributed by atoms with van der Waals surface area (Å²) < 4.78 is 0. The summed E-state index contributed by atoms with van der Waals surface area (Å²) in [6.45, 7) is 5.99. The molecule has 0 saturated carbocycles. The van der Waals surface area contributed by atoms with Crippen molar-refractivity contribution in [2.75, 3.05) is 14.1 Å². The molecule has 0 unspecified atom stereocenters. The van der Waals surface area contributed by atoms with Gasteiger partial charge in [0.25, 0.3) is 5.91 Å². The summed E-state index contributed by atoms with van der Waals surface area (Å²) in [4.78, 5) is 14.0. The summed E-state index contributed by atoms with van der Waals surface area (Å²) in [5.41, 5.74) is 3.86. The van der Waals surface area contributed by atoms with Gasteiger partial charge in [-0.05, 0) is 38.0 Å². The predicted molar refractivity (Wildman–Crippen MR) is 75.3 cm³/mol. The summed E-state index contributed by atoms with van der Waals surface area (Å²) in [5.74, 6) is -0.0589. The zero-order valence-electron chi connectivity index (χ0n) is 11.9. The number of rotatable bonds is 4. The van der Waals surface area contributed by atoms with E-state index in [-0.39, 0.29) is 5.91 Å². The van der Waals surface area contributed by atoms with Gasteiger partial charge in [0, 0.05) is 31.1 Å². The molecule has 0 spiro atoms. The number of nitrogens with one attached hydrogen (secondary N) is 1. The highest BCUT2D eigenvalue weighted by Gasteiger charge is 2.07. The maximum absolute atomic E-state index is 12.0. The zero-order chi connectivity index (χ0) is 13.7. The molecule has 1 aromatic rings. The fourth-order valence-electron chi connectivity index (χ4n) is 1.56. The lowest BCUT2D eigenvalue weighted by Gasteiger charge is -2.17. The molecule has 0 saturated heterocycles. The predicted octanol–water partition coefficient (Wildman–Crippen LogP) is 2.79. The maximum atomic E-state index is 12.0. The average molecular weight is 246 g/mol. The van der Waals surface area contributed by atoms with Crippen LogP contribution in [-0.4, -0.2) is 24.9 Å². The van der Waals surface area contributed by atoms with Crippen molar-refractivity contribution in [3.8, 4) is 0 Å². The molecule has 0 fully saturated rings. The normalized spacial score (nSPS) is 11.8. The molecule has 1 aromatic carbocycles. The van der Waals surface area contributed by atoms with E-state index in [1.54, 1.807) is 0 Å². The first kappa shape index (κ1) is 14.3. The standard InChI is InChI=1S/C15H22N2O/c1-6-13-7-9-14(10-8-13)15(18)16-11(2)12(3)17(4)5/h7-10H,6H2,1-5H3,(H,16,18). The molecule has 98 valence electrons. The van der Waals surface area contributed by atoms with Crippen molar-refractivity contribution < 1.29 is 4.79 Å². The Bertz CT molecular complexity index is 444.